The first-order valence-electron chi connectivity index (χ1n) is 11.3. The van der Waals surface area contributed by atoms with E-state index in [9.17, 15) is 0 Å². The molecular formula is C26H32N4O4. The van der Waals surface area contributed by atoms with E-state index in [2.05, 4.69) is 39.5 Å². The molecule has 0 unspecified atom stereocenters. The van der Waals surface area contributed by atoms with Crippen molar-refractivity contribution in [2.45, 2.75) is 19.9 Å². The number of hydrogen-bond acceptors (Lipinski definition) is 8. The average Bonchev–Trinajstić information content (AvgIpc) is 2.85. The van der Waals surface area contributed by atoms with Gasteiger partial charge in [0.1, 0.15) is 25.4 Å². The van der Waals surface area contributed by atoms with Crippen LogP contribution in [0.4, 0.5) is 11.5 Å². The van der Waals surface area contributed by atoms with Gasteiger partial charge in [0.15, 0.2) is 11.5 Å². The lowest BCUT2D eigenvalue weighted by Crippen LogP contribution is -2.14. The quantitative estimate of drug-likeness (QED) is 0.274. The summed E-state index contributed by atoms with van der Waals surface area (Å²) in [4.78, 5) is 8.90. The van der Waals surface area contributed by atoms with Crippen molar-refractivity contribution in [2.24, 2.45) is 0 Å². The highest BCUT2D eigenvalue weighted by Gasteiger charge is 2.13. The SMILES string of the molecule is C#Cc1cc(CNCCC)cc(Nc2ncnc3cc(OCCOC)c(OCCOC)cc23)c1. The van der Waals surface area contributed by atoms with Crippen LogP contribution >= 0.6 is 0 Å². The molecule has 180 valence electrons. The highest BCUT2D eigenvalue weighted by molar-refractivity contribution is 5.93. The molecule has 2 N–H and O–H groups in total. The Morgan fingerprint density at radius 3 is 2.32 bits per heavy atom. The van der Waals surface area contributed by atoms with Crippen molar-refractivity contribution in [2.75, 3.05) is 52.5 Å². The van der Waals surface area contributed by atoms with Crippen LogP contribution in [0.15, 0.2) is 36.7 Å². The zero-order valence-corrected chi connectivity index (χ0v) is 20.0. The second-order valence-electron chi connectivity index (χ2n) is 7.59. The molecule has 0 fully saturated rings. The van der Waals surface area contributed by atoms with Gasteiger partial charge in [-0.25, -0.2) is 9.97 Å². The van der Waals surface area contributed by atoms with Gasteiger partial charge >= 0.3 is 0 Å². The summed E-state index contributed by atoms with van der Waals surface area (Å²) < 4.78 is 22.0. The summed E-state index contributed by atoms with van der Waals surface area (Å²) in [5.74, 6) is 4.55. The first-order valence-corrected chi connectivity index (χ1v) is 11.3. The van der Waals surface area contributed by atoms with Crippen molar-refractivity contribution in [3.05, 3.63) is 47.8 Å². The highest BCUT2D eigenvalue weighted by Crippen LogP contribution is 2.35. The lowest BCUT2D eigenvalue weighted by molar-refractivity contribution is 0.132. The van der Waals surface area contributed by atoms with E-state index in [0.717, 1.165) is 47.2 Å². The van der Waals surface area contributed by atoms with Crippen molar-refractivity contribution in [1.29, 1.82) is 0 Å². The minimum Gasteiger partial charge on any atom is -0.487 e. The number of aromatic nitrogens is 2. The van der Waals surface area contributed by atoms with Gasteiger partial charge in [0, 0.05) is 43.5 Å². The van der Waals surface area contributed by atoms with Gasteiger partial charge in [0.2, 0.25) is 0 Å². The van der Waals surface area contributed by atoms with Gasteiger partial charge in [0.25, 0.3) is 0 Å². The van der Waals surface area contributed by atoms with Crippen LogP contribution in [-0.4, -0.2) is 57.2 Å². The lowest BCUT2D eigenvalue weighted by Gasteiger charge is -2.15. The second kappa shape index (κ2) is 13.4. The van der Waals surface area contributed by atoms with Crippen molar-refractivity contribution in [3.63, 3.8) is 0 Å². The van der Waals surface area contributed by atoms with Gasteiger partial charge < -0.3 is 29.6 Å². The Kier molecular flexibility index (Phi) is 9.92. The van der Waals surface area contributed by atoms with Gasteiger partial charge in [-0.15, -0.1) is 6.42 Å². The normalized spacial score (nSPS) is 10.8. The molecule has 0 radical (unpaired) electrons. The van der Waals surface area contributed by atoms with Crippen LogP contribution in [-0.2, 0) is 16.0 Å². The molecule has 0 saturated carbocycles. The third kappa shape index (κ3) is 7.06. The topological polar surface area (TPSA) is 86.8 Å². The van der Waals surface area contributed by atoms with Crippen molar-refractivity contribution in [3.8, 4) is 23.8 Å². The van der Waals surface area contributed by atoms with Gasteiger partial charge in [-0.1, -0.05) is 12.8 Å². The molecule has 0 aliphatic carbocycles. The van der Waals surface area contributed by atoms with E-state index in [-0.39, 0.29) is 0 Å². The minimum absolute atomic E-state index is 0.386. The van der Waals surface area contributed by atoms with E-state index in [1.165, 1.54) is 6.33 Å². The maximum absolute atomic E-state index is 5.92. The molecule has 8 heteroatoms. The molecule has 8 nitrogen and oxygen atoms in total. The molecule has 0 aliphatic rings. The first kappa shape index (κ1) is 25.2. The molecule has 0 saturated heterocycles. The molecule has 1 aromatic heterocycles. The maximum Gasteiger partial charge on any atom is 0.163 e. The number of fused-ring (bicyclic) bond motifs is 1. The number of ether oxygens (including phenoxy) is 4. The molecule has 34 heavy (non-hydrogen) atoms. The van der Waals surface area contributed by atoms with Crippen LogP contribution < -0.4 is 20.1 Å². The number of anilines is 2. The molecule has 0 amide bonds. The van der Waals surface area contributed by atoms with E-state index in [4.69, 9.17) is 25.4 Å². The zero-order chi connectivity index (χ0) is 24.2. The summed E-state index contributed by atoms with van der Waals surface area (Å²) in [5.41, 5.74) is 3.48. The Balaban J connectivity index is 1.93. The number of terminal acetylenes is 1. The summed E-state index contributed by atoms with van der Waals surface area (Å²) in [7, 11) is 3.26. The molecule has 1 heterocycles. The number of methoxy groups -OCH3 is 2. The Bertz CT molecular complexity index is 1110. The fourth-order valence-corrected chi connectivity index (χ4v) is 3.35. The van der Waals surface area contributed by atoms with Crippen LogP contribution in [0.2, 0.25) is 0 Å². The van der Waals surface area contributed by atoms with Crippen LogP contribution in [0.1, 0.15) is 24.5 Å². The third-order valence-electron chi connectivity index (χ3n) is 4.97. The molecule has 0 aliphatic heterocycles. The molecule has 0 spiro atoms. The zero-order valence-electron chi connectivity index (χ0n) is 20.0. The Labute approximate surface area is 201 Å². The van der Waals surface area contributed by atoms with Gasteiger partial charge in [0.05, 0.1) is 18.7 Å². The summed E-state index contributed by atoms with van der Waals surface area (Å²) >= 11 is 0. The maximum atomic E-state index is 5.92. The highest BCUT2D eigenvalue weighted by atomic mass is 16.5. The Hall–Kier alpha value is -3.38. The monoisotopic (exact) mass is 464 g/mol. The smallest absolute Gasteiger partial charge is 0.163 e. The van der Waals surface area contributed by atoms with E-state index in [0.29, 0.717) is 43.7 Å². The van der Waals surface area contributed by atoms with Crippen LogP contribution in [0.25, 0.3) is 10.9 Å². The van der Waals surface area contributed by atoms with E-state index < -0.39 is 0 Å². The lowest BCUT2D eigenvalue weighted by atomic mass is 10.1. The van der Waals surface area contributed by atoms with E-state index in [1.807, 2.05) is 24.3 Å². The number of benzene rings is 2. The fourth-order valence-electron chi connectivity index (χ4n) is 3.35. The Morgan fingerprint density at radius 1 is 0.912 bits per heavy atom. The van der Waals surface area contributed by atoms with E-state index >= 15 is 0 Å². The first-order chi connectivity index (χ1) is 16.7. The van der Waals surface area contributed by atoms with Crippen LogP contribution in [0.3, 0.4) is 0 Å². The van der Waals surface area contributed by atoms with Crippen molar-refractivity contribution >= 4 is 22.4 Å². The molecule has 0 atom stereocenters. The molecule has 3 aromatic rings. The van der Waals surface area contributed by atoms with Gasteiger partial charge in [-0.2, -0.15) is 0 Å². The minimum atomic E-state index is 0.386. The predicted octanol–water partition coefficient (Wildman–Crippen LogP) is 3.90. The van der Waals surface area contributed by atoms with Gasteiger partial charge in [-0.05, 0) is 42.8 Å². The number of rotatable bonds is 14. The largest absolute Gasteiger partial charge is 0.487 e. The number of hydrogen-bond donors (Lipinski definition) is 2. The molecule has 2 aromatic carbocycles. The van der Waals surface area contributed by atoms with Crippen molar-refractivity contribution < 1.29 is 18.9 Å². The fraction of sp³-hybridized carbons (Fsp3) is 0.385. The molecular weight excluding hydrogens is 432 g/mol. The van der Waals surface area contributed by atoms with Crippen LogP contribution in [0, 0.1) is 12.3 Å². The van der Waals surface area contributed by atoms with Crippen molar-refractivity contribution in [1.82, 2.24) is 15.3 Å². The predicted molar refractivity (Wildman–Crippen MR) is 134 cm³/mol. The number of nitrogens with one attached hydrogen (secondary N) is 2. The third-order valence-corrected chi connectivity index (χ3v) is 4.97. The summed E-state index contributed by atoms with van der Waals surface area (Å²) in [6.07, 6.45) is 8.28. The summed E-state index contributed by atoms with van der Waals surface area (Å²) in [5, 5.41) is 7.61. The second-order valence-corrected chi connectivity index (χ2v) is 7.59. The summed E-state index contributed by atoms with van der Waals surface area (Å²) in [6.45, 7) is 5.53. The average molecular weight is 465 g/mol. The standard InChI is InChI=1S/C26H32N4O4/c1-5-7-27-17-20-12-19(6-2)13-21(14-20)30-26-22-15-24(33-10-8-31-3)25(34-11-9-32-4)16-23(22)28-18-29-26/h2,12-16,18,27H,5,7-11,17H2,1,3-4H3,(H,28,29,30). The molecule has 0 bridgehead atoms. The molecule has 3 rings (SSSR count). The van der Waals surface area contributed by atoms with E-state index in [1.54, 1.807) is 14.2 Å². The van der Waals surface area contributed by atoms with Gasteiger partial charge in [-0.3, -0.25) is 0 Å². The summed E-state index contributed by atoms with van der Waals surface area (Å²) in [6, 6.07) is 9.73. The number of nitrogens with zero attached hydrogens (tertiary/aromatic N) is 2. The Morgan fingerprint density at radius 2 is 1.65 bits per heavy atom. The van der Waals surface area contributed by atoms with Crippen LogP contribution in [0.5, 0.6) is 11.5 Å².